The molecule has 1 aromatic rings. The normalized spacial score (nSPS) is 14.5. The monoisotopic (exact) mass is 224 g/mol. The first-order valence-electron chi connectivity index (χ1n) is 5.55. The van der Waals surface area contributed by atoms with Gasteiger partial charge in [0, 0.05) is 20.1 Å². The fourth-order valence-corrected chi connectivity index (χ4v) is 1.52. The molecule has 3 heteroatoms. The van der Waals surface area contributed by atoms with E-state index in [0.717, 1.165) is 11.3 Å². The zero-order valence-corrected chi connectivity index (χ0v) is 10.2. The molecule has 0 spiro atoms. The number of ether oxygens (including phenoxy) is 2. The van der Waals surface area contributed by atoms with Crippen molar-refractivity contribution >= 4 is 0 Å². The molecule has 0 amide bonds. The molecule has 0 aromatic heterocycles. The largest absolute Gasteiger partial charge is 0.494 e. The Labute approximate surface area is 97.0 Å². The summed E-state index contributed by atoms with van der Waals surface area (Å²) in [5.74, 6) is 0.828. The van der Waals surface area contributed by atoms with Gasteiger partial charge in [0.15, 0.2) is 0 Å². The Morgan fingerprint density at radius 3 is 2.38 bits per heavy atom. The lowest BCUT2D eigenvalue weighted by Gasteiger charge is -2.23. The number of benzene rings is 1. The Hall–Kier alpha value is -1.06. The van der Waals surface area contributed by atoms with Crippen LogP contribution in [-0.2, 0) is 10.3 Å². The molecule has 0 saturated carbocycles. The van der Waals surface area contributed by atoms with Crippen LogP contribution >= 0.6 is 0 Å². The summed E-state index contributed by atoms with van der Waals surface area (Å²) in [6.07, 6.45) is 0.581. The molecular formula is C13H20O3. The second kappa shape index (κ2) is 5.87. The molecule has 0 fully saturated rings. The molecule has 0 aliphatic carbocycles. The zero-order chi connectivity index (χ0) is 12.0. The van der Waals surface area contributed by atoms with Crippen molar-refractivity contribution in [2.45, 2.75) is 25.9 Å². The van der Waals surface area contributed by atoms with Crippen molar-refractivity contribution in [3.63, 3.8) is 0 Å². The van der Waals surface area contributed by atoms with Gasteiger partial charge in [-0.05, 0) is 31.5 Å². The Balaban J connectivity index is 2.71. The predicted molar refractivity (Wildman–Crippen MR) is 63.7 cm³/mol. The third kappa shape index (κ3) is 3.51. The van der Waals surface area contributed by atoms with E-state index in [9.17, 15) is 5.11 Å². The average Bonchev–Trinajstić information content (AvgIpc) is 2.28. The van der Waals surface area contributed by atoms with E-state index in [1.807, 2.05) is 31.2 Å². The number of rotatable bonds is 6. The number of aliphatic hydroxyl groups is 1. The van der Waals surface area contributed by atoms with Crippen LogP contribution in [0.4, 0.5) is 0 Å². The summed E-state index contributed by atoms with van der Waals surface area (Å²) in [4.78, 5) is 0. The molecule has 0 heterocycles. The van der Waals surface area contributed by atoms with E-state index in [2.05, 4.69) is 0 Å². The third-order valence-corrected chi connectivity index (χ3v) is 2.58. The minimum atomic E-state index is -0.846. The molecule has 0 radical (unpaired) electrons. The van der Waals surface area contributed by atoms with Gasteiger partial charge in [0.1, 0.15) is 5.75 Å². The van der Waals surface area contributed by atoms with Crippen molar-refractivity contribution in [1.82, 2.24) is 0 Å². The fourth-order valence-electron chi connectivity index (χ4n) is 1.52. The maximum Gasteiger partial charge on any atom is 0.119 e. The van der Waals surface area contributed by atoms with Crippen LogP contribution < -0.4 is 4.74 Å². The molecule has 1 unspecified atom stereocenters. The molecule has 0 saturated heterocycles. The first-order chi connectivity index (χ1) is 7.60. The van der Waals surface area contributed by atoms with Gasteiger partial charge in [0.25, 0.3) is 0 Å². The van der Waals surface area contributed by atoms with Crippen LogP contribution in [0.1, 0.15) is 25.8 Å². The Morgan fingerprint density at radius 1 is 1.25 bits per heavy atom. The highest BCUT2D eigenvalue weighted by Gasteiger charge is 2.22. The maximum absolute atomic E-state index is 10.2. The van der Waals surface area contributed by atoms with Gasteiger partial charge in [0.2, 0.25) is 0 Å². The standard InChI is InChI=1S/C13H20O3/c1-4-16-12-7-5-11(6-8-12)13(2,14)9-10-15-3/h5-8,14H,4,9-10H2,1-3H3. The van der Waals surface area contributed by atoms with E-state index in [1.165, 1.54) is 0 Å². The summed E-state index contributed by atoms with van der Waals surface area (Å²) < 4.78 is 10.3. The van der Waals surface area contributed by atoms with Gasteiger partial charge in [-0.3, -0.25) is 0 Å². The van der Waals surface area contributed by atoms with Crippen LogP contribution in [0.3, 0.4) is 0 Å². The lowest BCUT2D eigenvalue weighted by Crippen LogP contribution is -2.22. The van der Waals surface area contributed by atoms with Crippen LogP contribution in [0.15, 0.2) is 24.3 Å². The first-order valence-corrected chi connectivity index (χ1v) is 5.55. The Bertz CT molecular complexity index is 303. The molecular weight excluding hydrogens is 204 g/mol. The van der Waals surface area contributed by atoms with Gasteiger partial charge in [-0.2, -0.15) is 0 Å². The van der Waals surface area contributed by atoms with Crippen molar-refractivity contribution in [2.24, 2.45) is 0 Å². The molecule has 0 aliphatic heterocycles. The predicted octanol–water partition coefficient (Wildman–Crippen LogP) is 2.33. The van der Waals surface area contributed by atoms with Gasteiger partial charge >= 0.3 is 0 Å². The molecule has 1 N–H and O–H groups in total. The molecule has 0 aliphatic rings. The van der Waals surface area contributed by atoms with Crippen LogP contribution in [0.5, 0.6) is 5.75 Å². The highest BCUT2D eigenvalue weighted by molar-refractivity contribution is 5.30. The lowest BCUT2D eigenvalue weighted by atomic mass is 9.93. The van der Waals surface area contributed by atoms with Crippen molar-refractivity contribution in [3.05, 3.63) is 29.8 Å². The first kappa shape index (κ1) is 13.0. The summed E-state index contributed by atoms with van der Waals surface area (Å²) in [7, 11) is 1.63. The van der Waals surface area contributed by atoms with Gasteiger partial charge in [-0.25, -0.2) is 0 Å². The van der Waals surface area contributed by atoms with E-state index < -0.39 is 5.60 Å². The molecule has 1 atom stereocenters. The number of hydrogen-bond donors (Lipinski definition) is 1. The molecule has 90 valence electrons. The summed E-state index contributed by atoms with van der Waals surface area (Å²) >= 11 is 0. The van der Waals surface area contributed by atoms with E-state index >= 15 is 0 Å². The van der Waals surface area contributed by atoms with Crippen LogP contribution in [0.2, 0.25) is 0 Å². The fraction of sp³-hybridized carbons (Fsp3) is 0.538. The van der Waals surface area contributed by atoms with Crippen molar-refractivity contribution in [1.29, 1.82) is 0 Å². The second-order valence-electron chi connectivity index (χ2n) is 3.97. The molecule has 0 bridgehead atoms. The summed E-state index contributed by atoms with van der Waals surface area (Å²) in [6, 6.07) is 7.53. The molecule has 16 heavy (non-hydrogen) atoms. The van der Waals surface area contributed by atoms with Crippen molar-refractivity contribution < 1.29 is 14.6 Å². The van der Waals surface area contributed by atoms with Gasteiger partial charge in [0.05, 0.1) is 12.2 Å². The molecule has 1 rings (SSSR count). The maximum atomic E-state index is 10.2. The summed E-state index contributed by atoms with van der Waals surface area (Å²) in [6.45, 7) is 4.93. The van der Waals surface area contributed by atoms with Crippen LogP contribution in [-0.4, -0.2) is 25.4 Å². The highest BCUT2D eigenvalue weighted by Crippen LogP contribution is 2.26. The van der Waals surface area contributed by atoms with E-state index in [4.69, 9.17) is 9.47 Å². The van der Waals surface area contributed by atoms with E-state index in [1.54, 1.807) is 14.0 Å². The molecule has 1 aromatic carbocycles. The van der Waals surface area contributed by atoms with Crippen molar-refractivity contribution in [3.8, 4) is 5.75 Å². The van der Waals surface area contributed by atoms with Crippen LogP contribution in [0.25, 0.3) is 0 Å². The van der Waals surface area contributed by atoms with Crippen LogP contribution in [0, 0.1) is 0 Å². The number of methoxy groups -OCH3 is 1. The summed E-state index contributed by atoms with van der Waals surface area (Å²) in [5, 5.41) is 10.2. The van der Waals surface area contributed by atoms with Gasteiger partial charge in [-0.15, -0.1) is 0 Å². The lowest BCUT2D eigenvalue weighted by molar-refractivity contribution is 0.0210. The third-order valence-electron chi connectivity index (χ3n) is 2.58. The molecule has 3 nitrogen and oxygen atoms in total. The SMILES string of the molecule is CCOc1ccc(C(C)(O)CCOC)cc1. The van der Waals surface area contributed by atoms with Crippen molar-refractivity contribution in [2.75, 3.05) is 20.3 Å². The minimum Gasteiger partial charge on any atom is -0.494 e. The zero-order valence-electron chi connectivity index (χ0n) is 10.2. The quantitative estimate of drug-likeness (QED) is 0.806. The topological polar surface area (TPSA) is 38.7 Å². The average molecular weight is 224 g/mol. The highest BCUT2D eigenvalue weighted by atomic mass is 16.5. The number of hydrogen-bond acceptors (Lipinski definition) is 3. The second-order valence-corrected chi connectivity index (χ2v) is 3.97. The van der Waals surface area contributed by atoms with E-state index in [-0.39, 0.29) is 0 Å². The minimum absolute atomic E-state index is 0.542. The van der Waals surface area contributed by atoms with Gasteiger partial charge < -0.3 is 14.6 Å². The smallest absolute Gasteiger partial charge is 0.119 e. The Kier molecular flexibility index (Phi) is 4.77. The van der Waals surface area contributed by atoms with Gasteiger partial charge in [-0.1, -0.05) is 12.1 Å². The summed E-state index contributed by atoms with van der Waals surface area (Å²) in [5.41, 5.74) is 0.0359. The van der Waals surface area contributed by atoms with E-state index in [0.29, 0.717) is 19.6 Å². The Morgan fingerprint density at radius 2 is 1.88 bits per heavy atom.